The van der Waals surface area contributed by atoms with E-state index in [-0.39, 0.29) is 17.5 Å². The molecule has 5 nitrogen and oxygen atoms in total. The molecule has 2 N–H and O–H groups in total. The van der Waals surface area contributed by atoms with Gasteiger partial charge in [0.25, 0.3) is 11.8 Å². The zero-order valence-corrected chi connectivity index (χ0v) is 18.5. The van der Waals surface area contributed by atoms with Crippen LogP contribution >= 0.6 is 11.3 Å². The van der Waals surface area contributed by atoms with Gasteiger partial charge < -0.3 is 15.4 Å². The van der Waals surface area contributed by atoms with Gasteiger partial charge in [-0.1, -0.05) is 36.4 Å². The molecule has 0 aliphatic rings. The second-order valence-corrected chi connectivity index (χ2v) is 8.03. The molecule has 1 aromatic heterocycles. The highest BCUT2D eigenvalue weighted by Crippen LogP contribution is 2.15. The van der Waals surface area contributed by atoms with E-state index in [4.69, 9.17) is 4.74 Å². The summed E-state index contributed by atoms with van der Waals surface area (Å²) in [5.74, 6) is 0.226. The van der Waals surface area contributed by atoms with Gasteiger partial charge in [-0.05, 0) is 66.6 Å². The summed E-state index contributed by atoms with van der Waals surface area (Å²) in [5, 5.41) is 7.63. The Balaban J connectivity index is 1.61. The molecule has 0 spiro atoms. The van der Waals surface area contributed by atoms with Crippen molar-refractivity contribution in [3.8, 4) is 5.75 Å². The molecule has 0 radical (unpaired) electrons. The Bertz CT molecular complexity index is 1040. The van der Waals surface area contributed by atoms with Gasteiger partial charge in [0, 0.05) is 17.0 Å². The third-order valence-electron chi connectivity index (χ3n) is 4.80. The summed E-state index contributed by atoms with van der Waals surface area (Å²) in [6, 6.07) is 19.0. The van der Waals surface area contributed by atoms with Gasteiger partial charge in [-0.2, -0.15) is 0 Å². The van der Waals surface area contributed by atoms with Crippen molar-refractivity contribution in [1.82, 2.24) is 10.6 Å². The number of methoxy groups -OCH3 is 1. The number of aryl methyl sites for hydroxylation is 2. The Morgan fingerprint density at radius 2 is 1.81 bits per heavy atom. The molecule has 0 saturated heterocycles. The summed E-state index contributed by atoms with van der Waals surface area (Å²) in [7, 11) is 1.64. The third-order valence-corrected chi connectivity index (χ3v) is 5.62. The largest absolute Gasteiger partial charge is 0.497 e. The first-order chi connectivity index (χ1) is 15.1. The summed E-state index contributed by atoms with van der Waals surface area (Å²) in [6.07, 6.45) is 3.33. The van der Waals surface area contributed by atoms with Crippen LogP contribution in [0.25, 0.3) is 6.08 Å². The molecule has 0 aliphatic heterocycles. The minimum Gasteiger partial charge on any atom is -0.497 e. The fourth-order valence-electron chi connectivity index (χ4n) is 3.07. The van der Waals surface area contributed by atoms with Gasteiger partial charge in [0.15, 0.2) is 0 Å². The predicted octanol–water partition coefficient (Wildman–Crippen LogP) is 4.59. The van der Waals surface area contributed by atoms with E-state index >= 15 is 0 Å². The number of hydrogen-bond acceptors (Lipinski definition) is 4. The number of benzene rings is 2. The van der Waals surface area contributed by atoms with Crippen LogP contribution in [-0.2, 0) is 11.2 Å². The molecule has 0 bridgehead atoms. The van der Waals surface area contributed by atoms with Crippen LogP contribution in [0.1, 0.15) is 32.8 Å². The number of ether oxygens (including phenoxy) is 1. The van der Waals surface area contributed by atoms with Crippen LogP contribution in [0.2, 0.25) is 0 Å². The number of nitrogens with one attached hydrogen (secondary N) is 2. The molecule has 31 heavy (non-hydrogen) atoms. The minimum atomic E-state index is -0.301. The molecule has 3 rings (SSSR count). The molecule has 2 amide bonds. The van der Waals surface area contributed by atoms with E-state index in [9.17, 15) is 9.59 Å². The molecule has 0 fully saturated rings. The summed E-state index contributed by atoms with van der Waals surface area (Å²) in [4.78, 5) is 26.4. The van der Waals surface area contributed by atoms with Gasteiger partial charge in [-0.3, -0.25) is 9.59 Å². The first kappa shape index (κ1) is 22.3. The molecular weight excluding hydrogens is 408 g/mol. The SMILES string of the molecule is COc1ccc(CCCNC(=O)/C(=C/c2cccs2)NC(=O)c2ccccc2C)cc1. The van der Waals surface area contributed by atoms with E-state index < -0.39 is 0 Å². The molecule has 0 saturated carbocycles. The summed E-state index contributed by atoms with van der Waals surface area (Å²) in [6.45, 7) is 2.38. The Morgan fingerprint density at radius 3 is 2.48 bits per heavy atom. The maximum atomic E-state index is 12.8. The van der Waals surface area contributed by atoms with Crippen molar-refractivity contribution in [2.45, 2.75) is 19.8 Å². The van der Waals surface area contributed by atoms with Gasteiger partial charge >= 0.3 is 0 Å². The fraction of sp³-hybridized carbons (Fsp3) is 0.200. The average Bonchev–Trinajstić information content (AvgIpc) is 3.30. The molecule has 3 aromatic rings. The zero-order chi connectivity index (χ0) is 22.1. The Hall–Kier alpha value is -3.38. The van der Waals surface area contributed by atoms with Gasteiger partial charge in [-0.15, -0.1) is 11.3 Å². The lowest BCUT2D eigenvalue weighted by Crippen LogP contribution is -2.35. The molecule has 6 heteroatoms. The van der Waals surface area contributed by atoms with Crippen molar-refractivity contribution in [2.75, 3.05) is 13.7 Å². The Kier molecular flexibility index (Phi) is 8.01. The van der Waals surface area contributed by atoms with E-state index in [1.165, 1.54) is 16.9 Å². The van der Waals surface area contributed by atoms with Crippen molar-refractivity contribution in [3.05, 3.63) is 93.3 Å². The highest BCUT2D eigenvalue weighted by Gasteiger charge is 2.15. The minimum absolute atomic E-state index is 0.236. The highest BCUT2D eigenvalue weighted by atomic mass is 32.1. The quantitative estimate of drug-likeness (QED) is 0.382. The number of rotatable bonds is 9. The highest BCUT2D eigenvalue weighted by molar-refractivity contribution is 7.10. The number of carbonyl (C=O) groups is 2. The second kappa shape index (κ2) is 11.1. The average molecular weight is 435 g/mol. The van der Waals surface area contributed by atoms with Crippen LogP contribution in [0, 0.1) is 6.92 Å². The van der Waals surface area contributed by atoms with Crippen LogP contribution in [0.15, 0.2) is 71.7 Å². The smallest absolute Gasteiger partial charge is 0.267 e. The summed E-state index contributed by atoms with van der Waals surface area (Å²) >= 11 is 1.51. The first-order valence-electron chi connectivity index (χ1n) is 10.1. The monoisotopic (exact) mass is 434 g/mol. The lowest BCUT2D eigenvalue weighted by atomic mass is 10.1. The van der Waals surface area contributed by atoms with Crippen molar-refractivity contribution in [2.24, 2.45) is 0 Å². The molecule has 2 aromatic carbocycles. The number of thiophene rings is 1. The van der Waals surface area contributed by atoms with Crippen molar-refractivity contribution in [3.63, 3.8) is 0 Å². The molecule has 0 atom stereocenters. The lowest BCUT2D eigenvalue weighted by Gasteiger charge is -2.12. The number of amides is 2. The summed E-state index contributed by atoms with van der Waals surface area (Å²) in [5.41, 5.74) is 2.82. The van der Waals surface area contributed by atoms with Crippen LogP contribution in [0.3, 0.4) is 0 Å². The molecule has 0 aliphatic carbocycles. The lowest BCUT2D eigenvalue weighted by molar-refractivity contribution is -0.117. The fourth-order valence-corrected chi connectivity index (χ4v) is 3.73. The molecular formula is C25H26N2O3S. The van der Waals surface area contributed by atoms with E-state index in [0.29, 0.717) is 12.1 Å². The maximum absolute atomic E-state index is 12.8. The zero-order valence-electron chi connectivity index (χ0n) is 17.7. The molecule has 0 unspecified atom stereocenters. The Labute approximate surface area is 186 Å². The number of carbonyl (C=O) groups excluding carboxylic acids is 2. The van der Waals surface area contributed by atoms with Crippen molar-refractivity contribution >= 4 is 29.2 Å². The maximum Gasteiger partial charge on any atom is 0.267 e. The van der Waals surface area contributed by atoms with E-state index in [2.05, 4.69) is 10.6 Å². The second-order valence-electron chi connectivity index (χ2n) is 7.05. The van der Waals surface area contributed by atoms with E-state index in [0.717, 1.165) is 29.0 Å². The van der Waals surface area contributed by atoms with Crippen molar-refractivity contribution < 1.29 is 14.3 Å². The van der Waals surface area contributed by atoms with Crippen molar-refractivity contribution in [1.29, 1.82) is 0 Å². The topological polar surface area (TPSA) is 67.4 Å². The van der Waals surface area contributed by atoms with Gasteiger partial charge in [0.1, 0.15) is 11.4 Å². The normalized spacial score (nSPS) is 11.1. The Morgan fingerprint density at radius 1 is 1.03 bits per heavy atom. The number of hydrogen-bond donors (Lipinski definition) is 2. The summed E-state index contributed by atoms with van der Waals surface area (Å²) < 4.78 is 5.17. The van der Waals surface area contributed by atoms with Gasteiger partial charge in [-0.25, -0.2) is 0 Å². The predicted molar refractivity (Wildman–Crippen MR) is 125 cm³/mol. The van der Waals surface area contributed by atoms with E-state index in [1.807, 2.05) is 66.9 Å². The van der Waals surface area contributed by atoms with Crippen LogP contribution in [-0.4, -0.2) is 25.5 Å². The van der Waals surface area contributed by atoms with Crippen LogP contribution < -0.4 is 15.4 Å². The standard InChI is InChI=1S/C25H26N2O3S/c1-18-7-3-4-10-22(18)24(28)27-23(17-21-9-6-16-31-21)25(29)26-15-5-8-19-11-13-20(30-2)14-12-19/h3-4,6-7,9-14,16-17H,5,8,15H2,1-2H3,(H,26,29)(H,27,28)/b23-17-. The first-order valence-corrected chi connectivity index (χ1v) is 11.0. The van der Waals surface area contributed by atoms with Gasteiger partial charge in [0.05, 0.1) is 7.11 Å². The van der Waals surface area contributed by atoms with E-state index in [1.54, 1.807) is 19.3 Å². The molecule has 160 valence electrons. The van der Waals surface area contributed by atoms with Gasteiger partial charge in [0.2, 0.25) is 0 Å². The third kappa shape index (κ3) is 6.55. The van der Waals surface area contributed by atoms with Crippen LogP contribution in [0.4, 0.5) is 0 Å². The molecule has 1 heterocycles. The van der Waals surface area contributed by atoms with Crippen LogP contribution in [0.5, 0.6) is 5.75 Å².